The monoisotopic (exact) mass is 438 g/mol. The van der Waals surface area contributed by atoms with Gasteiger partial charge in [0.05, 0.1) is 23.5 Å². The van der Waals surface area contributed by atoms with Gasteiger partial charge in [0, 0.05) is 36.5 Å². The van der Waals surface area contributed by atoms with Crippen molar-refractivity contribution in [2.75, 3.05) is 13.2 Å². The van der Waals surface area contributed by atoms with Crippen LogP contribution < -0.4 is 10.1 Å². The van der Waals surface area contributed by atoms with Crippen LogP contribution in [0.1, 0.15) is 56.1 Å². The summed E-state index contributed by atoms with van der Waals surface area (Å²) in [5.41, 5.74) is 2.78. The molecule has 2 amide bonds. The van der Waals surface area contributed by atoms with E-state index >= 15 is 0 Å². The number of H-pyrrole nitrogens is 1. The van der Waals surface area contributed by atoms with Crippen LogP contribution in [-0.2, 0) is 11.2 Å². The number of nitrogens with zero attached hydrogens (tertiary/aromatic N) is 2. The van der Waals surface area contributed by atoms with Crippen molar-refractivity contribution in [2.45, 2.75) is 64.1 Å². The highest BCUT2D eigenvalue weighted by molar-refractivity contribution is 5.98. The number of aromatic nitrogens is 2. The normalized spacial score (nSPS) is 24.3. The fourth-order valence-corrected chi connectivity index (χ4v) is 5.24. The second-order valence-corrected chi connectivity index (χ2v) is 9.95. The van der Waals surface area contributed by atoms with Crippen LogP contribution >= 0.6 is 0 Å². The van der Waals surface area contributed by atoms with Gasteiger partial charge in [0.1, 0.15) is 18.0 Å². The van der Waals surface area contributed by atoms with Crippen molar-refractivity contribution in [3.05, 3.63) is 35.8 Å². The number of pyridine rings is 1. The number of rotatable bonds is 4. The van der Waals surface area contributed by atoms with Crippen LogP contribution in [0, 0.1) is 5.92 Å². The van der Waals surface area contributed by atoms with Gasteiger partial charge in [0.2, 0.25) is 0 Å². The van der Waals surface area contributed by atoms with Crippen LogP contribution in [0.15, 0.2) is 24.5 Å². The Morgan fingerprint density at radius 3 is 2.91 bits per heavy atom. The molecule has 2 aliphatic heterocycles. The Hall–Kier alpha value is -3.03. The standard InChI is InChI=1S/C24H30N4O4/c1-24(2,3)32-23(30)28-15-5-4-14(10-15)20(28)13-31-21-12-25-8-6-16(21)19-11-17-18(27-19)7-9-26-22(17)29/h6,8,11-12,14-15,20,27H,4-5,7,9-10,13H2,1-3H3,(H,26,29)/t14-,15+,20+/m1/s1. The molecule has 8 nitrogen and oxygen atoms in total. The number of likely N-dealkylation sites (tertiary alicyclic amines) is 1. The Balaban J connectivity index is 1.35. The summed E-state index contributed by atoms with van der Waals surface area (Å²) in [7, 11) is 0. The first kappa shape index (κ1) is 20.8. The minimum atomic E-state index is -0.528. The van der Waals surface area contributed by atoms with Crippen molar-refractivity contribution >= 4 is 12.0 Å². The molecule has 4 heterocycles. The number of ether oxygens (including phenoxy) is 2. The van der Waals surface area contributed by atoms with Gasteiger partial charge < -0.3 is 19.8 Å². The van der Waals surface area contributed by atoms with E-state index in [2.05, 4.69) is 15.3 Å². The van der Waals surface area contributed by atoms with Crippen LogP contribution in [-0.4, -0.2) is 57.7 Å². The molecule has 2 N–H and O–H groups in total. The summed E-state index contributed by atoms with van der Waals surface area (Å²) in [4.78, 5) is 34.6. The number of carbonyl (C=O) groups excluding carboxylic acids is 2. The third-order valence-electron chi connectivity index (χ3n) is 6.63. The van der Waals surface area contributed by atoms with E-state index in [0.717, 1.165) is 42.6 Å². The minimum absolute atomic E-state index is 0.0146. The molecular weight excluding hydrogens is 408 g/mol. The topological polar surface area (TPSA) is 96.5 Å². The lowest BCUT2D eigenvalue weighted by Gasteiger charge is -2.36. The highest BCUT2D eigenvalue weighted by atomic mass is 16.6. The fourth-order valence-electron chi connectivity index (χ4n) is 5.24. The Kier molecular flexibility index (Phi) is 5.10. The highest BCUT2D eigenvalue weighted by Crippen LogP contribution is 2.43. The molecular formula is C24H30N4O4. The summed E-state index contributed by atoms with van der Waals surface area (Å²) in [6, 6.07) is 3.97. The summed E-state index contributed by atoms with van der Waals surface area (Å²) in [5.74, 6) is 1.01. The van der Waals surface area contributed by atoms with Crippen molar-refractivity contribution in [1.29, 1.82) is 0 Å². The lowest BCUT2D eigenvalue weighted by Crippen LogP contribution is -2.49. The smallest absolute Gasteiger partial charge is 0.410 e. The molecule has 0 unspecified atom stereocenters. The van der Waals surface area contributed by atoms with Gasteiger partial charge in [0.25, 0.3) is 5.91 Å². The predicted octanol–water partition coefficient (Wildman–Crippen LogP) is 3.53. The average Bonchev–Trinajstić information content (AvgIpc) is 3.46. The Labute approximate surface area is 187 Å². The van der Waals surface area contributed by atoms with Crippen LogP contribution in [0.3, 0.4) is 0 Å². The number of piperidine rings is 1. The Morgan fingerprint density at radius 1 is 1.28 bits per heavy atom. The van der Waals surface area contributed by atoms with Crippen LogP contribution in [0.25, 0.3) is 11.3 Å². The van der Waals surface area contributed by atoms with E-state index in [1.807, 2.05) is 37.8 Å². The molecule has 2 bridgehead atoms. The first-order valence-corrected chi connectivity index (χ1v) is 11.4. The lowest BCUT2D eigenvalue weighted by molar-refractivity contribution is 0.00133. The molecule has 1 saturated heterocycles. The number of carbonyl (C=O) groups is 2. The van der Waals surface area contributed by atoms with Crippen molar-refractivity contribution < 1.29 is 19.1 Å². The zero-order valence-electron chi connectivity index (χ0n) is 18.8. The van der Waals surface area contributed by atoms with E-state index in [1.165, 1.54) is 0 Å². The maximum absolute atomic E-state index is 12.9. The van der Waals surface area contributed by atoms with Crippen molar-refractivity contribution in [3.8, 4) is 17.0 Å². The third-order valence-corrected chi connectivity index (χ3v) is 6.63. The van der Waals surface area contributed by atoms with Crippen molar-refractivity contribution in [1.82, 2.24) is 20.2 Å². The number of hydrogen-bond donors (Lipinski definition) is 2. The van der Waals surface area contributed by atoms with Gasteiger partial charge >= 0.3 is 6.09 Å². The van der Waals surface area contributed by atoms with Gasteiger partial charge in [-0.3, -0.25) is 14.7 Å². The molecule has 0 aromatic carbocycles. The van der Waals surface area contributed by atoms with Gasteiger partial charge in [-0.15, -0.1) is 0 Å². The maximum atomic E-state index is 12.9. The average molecular weight is 439 g/mol. The van der Waals surface area contributed by atoms with E-state index in [-0.39, 0.29) is 24.1 Å². The molecule has 3 aliphatic rings. The van der Waals surface area contributed by atoms with E-state index < -0.39 is 5.60 Å². The summed E-state index contributed by atoms with van der Waals surface area (Å²) in [6.07, 6.45) is 7.06. The summed E-state index contributed by atoms with van der Waals surface area (Å²) in [6.45, 7) is 6.70. The van der Waals surface area contributed by atoms with Crippen LogP contribution in [0.5, 0.6) is 5.75 Å². The summed E-state index contributed by atoms with van der Waals surface area (Å²) in [5, 5.41) is 2.87. The summed E-state index contributed by atoms with van der Waals surface area (Å²) >= 11 is 0. The number of hydrogen-bond acceptors (Lipinski definition) is 5. The van der Waals surface area contributed by atoms with E-state index in [1.54, 1.807) is 12.4 Å². The second kappa shape index (κ2) is 7.83. The maximum Gasteiger partial charge on any atom is 0.410 e. The quantitative estimate of drug-likeness (QED) is 0.761. The van der Waals surface area contributed by atoms with E-state index in [9.17, 15) is 9.59 Å². The van der Waals surface area contributed by atoms with Crippen LogP contribution in [0.2, 0.25) is 0 Å². The molecule has 32 heavy (non-hydrogen) atoms. The van der Waals surface area contributed by atoms with E-state index in [0.29, 0.717) is 30.4 Å². The lowest BCUT2D eigenvalue weighted by atomic mass is 9.99. The van der Waals surface area contributed by atoms with Gasteiger partial charge in [-0.2, -0.15) is 0 Å². The SMILES string of the molecule is CC(C)(C)OC(=O)N1[C@H]2CC[C@H](C2)[C@@H]1COc1cnccc1-c1cc2c([nH]1)CCNC2=O. The fraction of sp³-hybridized carbons (Fsp3) is 0.542. The first-order valence-electron chi connectivity index (χ1n) is 11.4. The van der Waals surface area contributed by atoms with E-state index in [4.69, 9.17) is 9.47 Å². The van der Waals surface area contributed by atoms with Crippen LogP contribution in [0.4, 0.5) is 4.79 Å². The number of fused-ring (bicyclic) bond motifs is 3. The molecule has 3 atom stereocenters. The molecule has 1 aliphatic carbocycles. The van der Waals surface area contributed by atoms with Crippen molar-refractivity contribution in [2.24, 2.45) is 5.92 Å². The molecule has 0 spiro atoms. The highest BCUT2D eigenvalue weighted by Gasteiger charge is 2.49. The molecule has 170 valence electrons. The second-order valence-electron chi connectivity index (χ2n) is 9.95. The zero-order chi connectivity index (χ0) is 22.5. The zero-order valence-corrected chi connectivity index (χ0v) is 18.8. The van der Waals surface area contributed by atoms with Gasteiger partial charge in [0.15, 0.2) is 0 Å². The molecule has 8 heteroatoms. The molecule has 0 radical (unpaired) electrons. The largest absolute Gasteiger partial charge is 0.489 e. The first-order chi connectivity index (χ1) is 15.3. The molecule has 2 aromatic rings. The number of nitrogens with one attached hydrogen (secondary N) is 2. The minimum Gasteiger partial charge on any atom is -0.489 e. The molecule has 1 saturated carbocycles. The Bertz CT molecular complexity index is 1040. The molecule has 2 fully saturated rings. The predicted molar refractivity (Wildman–Crippen MR) is 119 cm³/mol. The molecule has 2 aromatic heterocycles. The number of amides is 2. The summed E-state index contributed by atoms with van der Waals surface area (Å²) < 4.78 is 11.9. The van der Waals surface area contributed by atoms with Gasteiger partial charge in [-0.05, 0) is 58.1 Å². The Morgan fingerprint density at radius 2 is 2.12 bits per heavy atom. The van der Waals surface area contributed by atoms with Gasteiger partial charge in [-0.1, -0.05) is 0 Å². The van der Waals surface area contributed by atoms with Gasteiger partial charge in [-0.25, -0.2) is 4.79 Å². The number of aromatic amines is 1. The van der Waals surface area contributed by atoms with Crippen molar-refractivity contribution in [3.63, 3.8) is 0 Å². The third kappa shape index (κ3) is 3.82. The molecule has 5 rings (SSSR count).